The molecule has 0 bridgehead atoms. The van der Waals surface area contributed by atoms with Gasteiger partial charge in [0, 0.05) is 29.6 Å². The maximum absolute atomic E-state index is 13.6. The zero-order chi connectivity index (χ0) is 28.6. The molecule has 3 unspecified atom stereocenters. The Labute approximate surface area is 226 Å². The van der Waals surface area contributed by atoms with Crippen molar-refractivity contribution < 1.29 is 36.3 Å². The lowest BCUT2D eigenvalue weighted by molar-refractivity contribution is -0.151. The van der Waals surface area contributed by atoms with Gasteiger partial charge in [-0.25, -0.2) is 12.8 Å². The molecule has 39 heavy (non-hydrogen) atoms. The standard InChI is InChI=1S/C27H32FN3O7S/c1-14(2)24(29)27(33)36-13-18-12-31(39(5,34)35)21-11-22-20(10-19(21)15(3)37-18)23(26(32)30-4)25(38-22)16-6-8-17(28)9-7-16/h6-11,14-15,18,24H,12-13,29H2,1-5H3,(H,30,32). The van der Waals surface area contributed by atoms with E-state index in [1.807, 2.05) is 0 Å². The molecule has 3 aromatic rings. The SMILES string of the molecule is CNC(=O)c1c(-c2ccc(F)cc2)oc2cc3c(cc12)C(C)OC(COC(=O)C(N)C(C)C)CN3S(C)(=O)=O. The predicted octanol–water partition coefficient (Wildman–Crippen LogP) is 3.35. The van der Waals surface area contributed by atoms with Crippen LogP contribution in [0.4, 0.5) is 10.1 Å². The molecule has 2 heterocycles. The summed E-state index contributed by atoms with van der Waals surface area (Å²) in [5.41, 5.74) is 7.65. The van der Waals surface area contributed by atoms with E-state index in [1.165, 1.54) is 35.6 Å². The minimum atomic E-state index is -3.81. The number of rotatable bonds is 7. The van der Waals surface area contributed by atoms with Gasteiger partial charge in [0.05, 0.1) is 30.2 Å². The highest BCUT2D eigenvalue weighted by Crippen LogP contribution is 2.42. The molecule has 0 saturated carbocycles. The summed E-state index contributed by atoms with van der Waals surface area (Å²) in [4.78, 5) is 25.3. The molecular formula is C27H32FN3O7S. The number of halogens is 1. The van der Waals surface area contributed by atoms with Crippen LogP contribution in [0.15, 0.2) is 40.8 Å². The van der Waals surface area contributed by atoms with Gasteiger partial charge in [-0.05, 0) is 43.2 Å². The number of anilines is 1. The second-order valence-corrected chi connectivity index (χ2v) is 11.8. The zero-order valence-corrected chi connectivity index (χ0v) is 23.2. The van der Waals surface area contributed by atoms with Gasteiger partial charge in [-0.2, -0.15) is 0 Å². The molecule has 1 aromatic heterocycles. The second kappa shape index (κ2) is 10.9. The number of hydrogen-bond donors (Lipinski definition) is 2. The van der Waals surface area contributed by atoms with E-state index in [-0.39, 0.29) is 36.0 Å². The number of benzene rings is 2. The highest BCUT2D eigenvalue weighted by molar-refractivity contribution is 7.92. The van der Waals surface area contributed by atoms with Gasteiger partial charge >= 0.3 is 5.97 Å². The molecule has 4 rings (SSSR count). The van der Waals surface area contributed by atoms with E-state index >= 15 is 0 Å². The molecular weight excluding hydrogens is 529 g/mol. The van der Waals surface area contributed by atoms with E-state index in [2.05, 4.69) is 5.32 Å². The van der Waals surface area contributed by atoms with Crippen LogP contribution < -0.4 is 15.4 Å². The van der Waals surface area contributed by atoms with E-state index in [1.54, 1.807) is 32.9 Å². The molecule has 12 heteroatoms. The first kappa shape index (κ1) is 28.5. The van der Waals surface area contributed by atoms with E-state index in [0.29, 0.717) is 22.2 Å². The number of nitrogens with one attached hydrogen (secondary N) is 1. The van der Waals surface area contributed by atoms with Crippen LogP contribution in [0.2, 0.25) is 0 Å². The summed E-state index contributed by atoms with van der Waals surface area (Å²) >= 11 is 0. The Bertz CT molecular complexity index is 1500. The summed E-state index contributed by atoms with van der Waals surface area (Å²) in [5, 5.41) is 3.03. The van der Waals surface area contributed by atoms with Gasteiger partial charge in [0.1, 0.15) is 35.9 Å². The highest BCUT2D eigenvalue weighted by Gasteiger charge is 2.34. The van der Waals surface area contributed by atoms with Crippen molar-refractivity contribution in [2.75, 3.05) is 30.8 Å². The average Bonchev–Trinajstić information content (AvgIpc) is 3.19. The summed E-state index contributed by atoms with van der Waals surface area (Å²) in [6.45, 7) is 5.01. The molecule has 210 valence electrons. The first-order chi connectivity index (χ1) is 18.3. The third kappa shape index (κ3) is 5.77. The van der Waals surface area contributed by atoms with Crippen molar-refractivity contribution >= 4 is 38.6 Å². The van der Waals surface area contributed by atoms with Crippen LogP contribution in [-0.2, 0) is 24.3 Å². The normalized spacial score (nSPS) is 18.5. The molecule has 0 saturated heterocycles. The second-order valence-electron chi connectivity index (χ2n) is 9.89. The monoisotopic (exact) mass is 561 g/mol. The van der Waals surface area contributed by atoms with Crippen molar-refractivity contribution in [3.05, 3.63) is 53.3 Å². The number of amides is 1. The molecule has 0 aliphatic carbocycles. The fourth-order valence-electron chi connectivity index (χ4n) is 4.48. The van der Waals surface area contributed by atoms with Gasteiger partial charge < -0.3 is 24.9 Å². The maximum atomic E-state index is 13.6. The molecule has 0 spiro atoms. The van der Waals surface area contributed by atoms with E-state index in [9.17, 15) is 22.4 Å². The van der Waals surface area contributed by atoms with Crippen LogP contribution in [0.3, 0.4) is 0 Å². The lowest BCUT2D eigenvalue weighted by atomic mass is 10.0. The van der Waals surface area contributed by atoms with Crippen LogP contribution in [0, 0.1) is 11.7 Å². The van der Waals surface area contributed by atoms with Gasteiger partial charge in [0.2, 0.25) is 10.0 Å². The van der Waals surface area contributed by atoms with Gasteiger partial charge in [-0.1, -0.05) is 13.8 Å². The molecule has 3 atom stereocenters. The van der Waals surface area contributed by atoms with Crippen LogP contribution in [0.5, 0.6) is 0 Å². The molecule has 1 amide bonds. The van der Waals surface area contributed by atoms with Crippen LogP contribution in [-0.4, -0.2) is 58.9 Å². The molecule has 1 aliphatic rings. The lowest BCUT2D eigenvalue weighted by Crippen LogP contribution is -2.42. The van der Waals surface area contributed by atoms with Crippen molar-refractivity contribution in [3.8, 4) is 11.3 Å². The fraction of sp³-hybridized carbons (Fsp3) is 0.407. The number of furan rings is 1. The Kier molecular flexibility index (Phi) is 8.01. The predicted molar refractivity (Wildman–Crippen MR) is 144 cm³/mol. The number of ether oxygens (including phenoxy) is 2. The number of nitrogens with zero attached hydrogens (tertiary/aromatic N) is 1. The number of hydrogen-bond acceptors (Lipinski definition) is 8. The maximum Gasteiger partial charge on any atom is 0.323 e. The van der Waals surface area contributed by atoms with Gasteiger partial charge in [-0.15, -0.1) is 0 Å². The number of nitrogens with two attached hydrogens (primary N) is 1. The van der Waals surface area contributed by atoms with Crippen molar-refractivity contribution in [1.82, 2.24) is 5.32 Å². The number of sulfonamides is 1. The molecule has 0 fully saturated rings. The summed E-state index contributed by atoms with van der Waals surface area (Å²) in [7, 11) is -2.33. The molecule has 2 aromatic carbocycles. The summed E-state index contributed by atoms with van der Waals surface area (Å²) in [6.07, 6.45) is -0.359. The van der Waals surface area contributed by atoms with Crippen LogP contribution >= 0.6 is 0 Å². The van der Waals surface area contributed by atoms with Crippen molar-refractivity contribution in [1.29, 1.82) is 0 Å². The Hall–Kier alpha value is -3.48. The Balaban J connectivity index is 1.80. The first-order valence-electron chi connectivity index (χ1n) is 12.5. The zero-order valence-electron chi connectivity index (χ0n) is 22.4. The highest BCUT2D eigenvalue weighted by atomic mass is 32.2. The molecule has 0 radical (unpaired) electrons. The van der Waals surface area contributed by atoms with Crippen molar-refractivity contribution in [3.63, 3.8) is 0 Å². The summed E-state index contributed by atoms with van der Waals surface area (Å²) in [5.74, 6) is -1.39. The van der Waals surface area contributed by atoms with Gasteiger partial charge in [0.15, 0.2) is 0 Å². The molecule has 10 nitrogen and oxygen atoms in total. The molecule has 1 aliphatic heterocycles. The first-order valence-corrected chi connectivity index (χ1v) is 14.3. The minimum Gasteiger partial charge on any atom is -0.462 e. The van der Waals surface area contributed by atoms with Gasteiger partial charge in [-0.3, -0.25) is 13.9 Å². The Morgan fingerprint density at radius 2 is 1.90 bits per heavy atom. The topological polar surface area (TPSA) is 141 Å². The Morgan fingerprint density at radius 3 is 2.49 bits per heavy atom. The minimum absolute atomic E-state index is 0.125. The third-order valence-corrected chi connectivity index (χ3v) is 7.82. The fourth-order valence-corrected chi connectivity index (χ4v) is 5.44. The Morgan fingerprint density at radius 1 is 1.23 bits per heavy atom. The number of fused-ring (bicyclic) bond motifs is 2. The number of carbonyl (C=O) groups is 2. The lowest BCUT2D eigenvalue weighted by Gasteiger charge is -2.25. The van der Waals surface area contributed by atoms with E-state index in [4.69, 9.17) is 19.6 Å². The van der Waals surface area contributed by atoms with Crippen molar-refractivity contribution in [2.24, 2.45) is 11.7 Å². The number of esters is 1. The summed E-state index contributed by atoms with van der Waals surface area (Å²) in [6, 6.07) is 7.90. The average molecular weight is 562 g/mol. The smallest absolute Gasteiger partial charge is 0.323 e. The van der Waals surface area contributed by atoms with E-state index in [0.717, 1.165) is 6.26 Å². The van der Waals surface area contributed by atoms with E-state index < -0.39 is 46.0 Å². The quantitative estimate of drug-likeness (QED) is 0.419. The van der Waals surface area contributed by atoms with Crippen molar-refractivity contribution in [2.45, 2.75) is 39.0 Å². The third-order valence-electron chi connectivity index (χ3n) is 6.67. The number of carbonyl (C=O) groups excluding carboxylic acids is 2. The largest absolute Gasteiger partial charge is 0.462 e. The van der Waals surface area contributed by atoms with Crippen LogP contribution in [0.25, 0.3) is 22.3 Å². The van der Waals surface area contributed by atoms with Crippen LogP contribution in [0.1, 0.15) is 42.8 Å². The summed E-state index contributed by atoms with van der Waals surface area (Å²) < 4.78 is 58.1. The van der Waals surface area contributed by atoms with Gasteiger partial charge in [0.25, 0.3) is 5.91 Å². The molecule has 3 N–H and O–H groups in total.